The van der Waals surface area contributed by atoms with Gasteiger partial charge in [0.15, 0.2) is 0 Å². The molecule has 110 valence electrons. The number of nitrogens with one attached hydrogen (secondary N) is 1. The molecule has 6 nitrogen and oxygen atoms in total. The lowest BCUT2D eigenvalue weighted by molar-refractivity contribution is 0.259. The maximum atomic E-state index is 11.3. The van der Waals surface area contributed by atoms with E-state index in [1.54, 1.807) is 17.1 Å². The number of pyridine rings is 1. The summed E-state index contributed by atoms with van der Waals surface area (Å²) in [6.45, 7) is 1.90. The van der Waals surface area contributed by atoms with E-state index >= 15 is 0 Å². The van der Waals surface area contributed by atoms with Gasteiger partial charge in [0.2, 0.25) is 0 Å². The first-order valence-electron chi connectivity index (χ1n) is 6.78. The van der Waals surface area contributed by atoms with Crippen molar-refractivity contribution in [3.8, 4) is 16.9 Å². The summed E-state index contributed by atoms with van der Waals surface area (Å²) >= 11 is 0. The summed E-state index contributed by atoms with van der Waals surface area (Å²) in [5, 5.41) is 7.28. The van der Waals surface area contributed by atoms with Gasteiger partial charge in [-0.1, -0.05) is 18.2 Å². The Morgan fingerprint density at radius 2 is 1.82 bits per heavy atom. The van der Waals surface area contributed by atoms with Crippen LogP contribution in [0.25, 0.3) is 16.9 Å². The molecule has 1 aromatic carbocycles. The Hall–Kier alpha value is -3.15. The molecule has 0 saturated heterocycles. The molecule has 0 aliphatic rings. The number of anilines is 1. The van der Waals surface area contributed by atoms with Gasteiger partial charge in [-0.15, -0.1) is 0 Å². The molecule has 3 aromatic rings. The van der Waals surface area contributed by atoms with Crippen LogP contribution in [0.2, 0.25) is 0 Å². The molecule has 0 saturated carbocycles. The number of aromatic nitrogens is 3. The van der Waals surface area contributed by atoms with Crippen LogP contribution in [-0.4, -0.2) is 20.8 Å². The molecule has 2 heterocycles. The molecule has 0 bridgehead atoms. The van der Waals surface area contributed by atoms with Gasteiger partial charge in [0.1, 0.15) is 5.82 Å². The van der Waals surface area contributed by atoms with Gasteiger partial charge in [0.05, 0.1) is 11.4 Å². The number of benzene rings is 1. The van der Waals surface area contributed by atoms with Crippen LogP contribution in [0.1, 0.15) is 5.56 Å². The minimum atomic E-state index is -0.624. The summed E-state index contributed by atoms with van der Waals surface area (Å²) in [4.78, 5) is 15.3. The maximum Gasteiger partial charge on any atom is 0.317 e. The minimum Gasteiger partial charge on any atom is -0.351 e. The third-order valence-corrected chi connectivity index (χ3v) is 3.32. The number of nitrogens with two attached hydrogens (primary N) is 1. The molecule has 3 rings (SSSR count). The summed E-state index contributed by atoms with van der Waals surface area (Å²) in [6, 6.07) is 12.7. The Balaban J connectivity index is 2.19. The van der Waals surface area contributed by atoms with E-state index in [9.17, 15) is 4.79 Å². The number of hydrogen-bond acceptors (Lipinski definition) is 3. The second kappa shape index (κ2) is 5.69. The molecule has 3 N–H and O–H groups in total. The van der Waals surface area contributed by atoms with Gasteiger partial charge >= 0.3 is 6.03 Å². The Kier molecular flexibility index (Phi) is 3.57. The molecule has 0 atom stereocenters. The average Bonchev–Trinajstić information content (AvgIpc) is 2.86. The molecular formula is C16H15N5O. The molecule has 0 radical (unpaired) electrons. The zero-order chi connectivity index (χ0) is 15.5. The Labute approximate surface area is 127 Å². The fourth-order valence-electron chi connectivity index (χ4n) is 2.30. The van der Waals surface area contributed by atoms with Crippen LogP contribution in [-0.2, 0) is 0 Å². The first-order chi connectivity index (χ1) is 10.7. The van der Waals surface area contributed by atoms with Crippen molar-refractivity contribution >= 4 is 11.8 Å². The largest absolute Gasteiger partial charge is 0.351 e. The monoisotopic (exact) mass is 293 g/mol. The molecule has 2 aromatic heterocycles. The maximum absolute atomic E-state index is 11.3. The second-order valence-electron chi connectivity index (χ2n) is 4.79. The van der Waals surface area contributed by atoms with Crippen molar-refractivity contribution in [3.63, 3.8) is 0 Å². The normalized spacial score (nSPS) is 10.4. The predicted molar refractivity (Wildman–Crippen MR) is 84.7 cm³/mol. The van der Waals surface area contributed by atoms with Crippen molar-refractivity contribution in [2.75, 3.05) is 5.32 Å². The van der Waals surface area contributed by atoms with Gasteiger partial charge in [0, 0.05) is 23.5 Å². The number of rotatable bonds is 3. The highest BCUT2D eigenvalue weighted by Crippen LogP contribution is 2.29. The van der Waals surface area contributed by atoms with Crippen molar-refractivity contribution < 1.29 is 4.79 Å². The first-order valence-corrected chi connectivity index (χ1v) is 6.78. The molecule has 22 heavy (non-hydrogen) atoms. The van der Waals surface area contributed by atoms with Crippen molar-refractivity contribution in [3.05, 3.63) is 60.4 Å². The van der Waals surface area contributed by atoms with Gasteiger partial charge in [-0.25, -0.2) is 9.48 Å². The van der Waals surface area contributed by atoms with E-state index in [1.807, 2.05) is 49.4 Å². The highest BCUT2D eigenvalue weighted by Gasteiger charge is 2.17. The Bertz CT molecular complexity index is 796. The van der Waals surface area contributed by atoms with Crippen LogP contribution < -0.4 is 11.1 Å². The topological polar surface area (TPSA) is 85.8 Å². The molecule has 6 heteroatoms. The Morgan fingerprint density at radius 1 is 1.14 bits per heavy atom. The van der Waals surface area contributed by atoms with Crippen LogP contribution in [0.3, 0.4) is 0 Å². The van der Waals surface area contributed by atoms with Crippen molar-refractivity contribution in [2.24, 2.45) is 5.73 Å². The number of nitrogens with zero attached hydrogens (tertiary/aromatic N) is 3. The molecule has 0 fully saturated rings. The molecular weight excluding hydrogens is 278 g/mol. The number of hydrogen-bond donors (Lipinski definition) is 2. The molecule has 0 aliphatic heterocycles. The van der Waals surface area contributed by atoms with E-state index in [4.69, 9.17) is 5.73 Å². The van der Waals surface area contributed by atoms with Gasteiger partial charge < -0.3 is 5.73 Å². The van der Waals surface area contributed by atoms with E-state index in [1.165, 1.54) is 0 Å². The Morgan fingerprint density at radius 3 is 2.45 bits per heavy atom. The predicted octanol–water partition coefficient (Wildman–Crippen LogP) is 2.73. The van der Waals surface area contributed by atoms with Crippen LogP contribution in [0.4, 0.5) is 10.6 Å². The summed E-state index contributed by atoms with van der Waals surface area (Å²) < 4.78 is 1.68. The fraction of sp³-hybridized carbons (Fsp3) is 0.0625. The van der Waals surface area contributed by atoms with Crippen molar-refractivity contribution in [1.29, 1.82) is 0 Å². The van der Waals surface area contributed by atoms with Crippen molar-refractivity contribution in [2.45, 2.75) is 6.92 Å². The third kappa shape index (κ3) is 2.54. The number of para-hydroxylation sites is 1. The van der Waals surface area contributed by atoms with Crippen molar-refractivity contribution in [1.82, 2.24) is 14.8 Å². The lowest BCUT2D eigenvalue weighted by Crippen LogP contribution is -2.21. The second-order valence-corrected chi connectivity index (χ2v) is 4.79. The van der Waals surface area contributed by atoms with Crippen LogP contribution in [0.15, 0.2) is 54.9 Å². The number of urea groups is 1. The minimum absolute atomic E-state index is 0.561. The quantitative estimate of drug-likeness (QED) is 0.778. The number of carbonyl (C=O) groups excluding carboxylic acids is 1. The fourth-order valence-corrected chi connectivity index (χ4v) is 2.30. The molecule has 0 unspecified atom stereocenters. The van der Waals surface area contributed by atoms with E-state index in [-0.39, 0.29) is 0 Å². The molecule has 2 amide bonds. The van der Waals surface area contributed by atoms with Gasteiger partial charge in [0.25, 0.3) is 0 Å². The lowest BCUT2D eigenvalue weighted by atomic mass is 10.1. The highest BCUT2D eigenvalue weighted by molar-refractivity contribution is 5.89. The van der Waals surface area contributed by atoms with Gasteiger partial charge in [-0.2, -0.15) is 5.10 Å². The third-order valence-electron chi connectivity index (χ3n) is 3.32. The number of carbonyl (C=O) groups is 1. The SMILES string of the molecule is Cc1c(-c2ccncc2)nn(-c2ccccc2)c1NC(N)=O. The lowest BCUT2D eigenvalue weighted by Gasteiger charge is -2.07. The zero-order valence-electron chi connectivity index (χ0n) is 12.0. The summed E-state index contributed by atoms with van der Waals surface area (Å²) in [5.74, 6) is 0.561. The van der Waals surface area contributed by atoms with Gasteiger partial charge in [-0.3, -0.25) is 10.3 Å². The van der Waals surface area contributed by atoms with E-state index in [0.29, 0.717) is 5.82 Å². The molecule has 0 spiro atoms. The van der Waals surface area contributed by atoms with E-state index in [2.05, 4.69) is 15.4 Å². The van der Waals surface area contributed by atoms with Crippen LogP contribution in [0, 0.1) is 6.92 Å². The summed E-state index contributed by atoms with van der Waals surface area (Å²) in [6.07, 6.45) is 3.41. The van der Waals surface area contributed by atoms with Crippen LogP contribution in [0.5, 0.6) is 0 Å². The number of amides is 2. The standard InChI is InChI=1S/C16H15N5O/c1-11-14(12-7-9-18-10-8-12)20-21(15(11)19-16(17)22)13-5-3-2-4-6-13/h2-10H,1H3,(H3,17,19,22). The summed E-state index contributed by atoms with van der Waals surface area (Å²) in [7, 11) is 0. The molecule has 0 aliphatic carbocycles. The number of primary amides is 1. The highest BCUT2D eigenvalue weighted by atomic mass is 16.2. The van der Waals surface area contributed by atoms with Gasteiger partial charge in [-0.05, 0) is 31.2 Å². The van der Waals surface area contributed by atoms with E-state index in [0.717, 1.165) is 22.5 Å². The van der Waals surface area contributed by atoms with E-state index < -0.39 is 6.03 Å². The van der Waals surface area contributed by atoms with Crippen LogP contribution >= 0.6 is 0 Å². The smallest absolute Gasteiger partial charge is 0.317 e. The first kappa shape index (κ1) is 13.8. The average molecular weight is 293 g/mol. The summed E-state index contributed by atoms with van der Waals surface area (Å²) in [5.41, 5.74) is 8.67. The zero-order valence-corrected chi connectivity index (χ0v) is 12.0.